The molecule has 0 bridgehead atoms. The lowest BCUT2D eigenvalue weighted by Crippen LogP contribution is -2.20. The van der Waals surface area contributed by atoms with Gasteiger partial charge in [0.15, 0.2) is 6.61 Å². The van der Waals surface area contributed by atoms with Crippen molar-refractivity contribution in [3.05, 3.63) is 83.9 Å². The second kappa shape index (κ2) is 8.22. The highest BCUT2D eigenvalue weighted by Crippen LogP contribution is 2.23. The molecule has 0 unspecified atom stereocenters. The minimum atomic E-state index is -0.244. The number of para-hydroxylation sites is 1. The lowest BCUT2D eigenvalue weighted by Gasteiger charge is -2.09. The minimum absolute atomic E-state index is 0.0818. The van der Waals surface area contributed by atoms with E-state index in [2.05, 4.69) is 5.32 Å². The van der Waals surface area contributed by atoms with Crippen LogP contribution in [0.25, 0.3) is 0 Å². The zero-order valence-electron chi connectivity index (χ0n) is 13.3. The first-order valence-electron chi connectivity index (χ1n) is 7.70. The number of halogens is 1. The van der Waals surface area contributed by atoms with Crippen LogP contribution < -0.4 is 14.8 Å². The van der Waals surface area contributed by atoms with Crippen molar-refractivity contribution in [1.82, 2.24) is 0 Å². The van der Waals surface area contributed by atoms with Crippen LogP contribution in [0, 0.1) is 0 Å². The van der Waals surface area contributed by atoms with E-state index >= 15 is 0 Å². The number of carbonyl (C=O) groups is 1. The van der Waals surface area contributed by atoms with E-state index in [0.717, 1.165) is 5.75 Å². The summed E-state index contributed by atoms with van der Waals surface area (Å²) >= 11 is 5.81. The molecule has 4 nitrogen and oxygen atoms in total. The third-order valence-corrected chi connectivity index (χ3v) is 3.55. The first kappa shape index (κ1) is 16.9. The number of carbonyl (C=O) groups excluding carboxylic acids is 1. The highest BCUT2D eigenvalue weighted by atomic mass is 35.5. The fraction of sp³-hybridized carbons (Fsp3) is 0.0500. The second-order valence-corrected chi connectivity index (χ2v) is 5.67. The molecule has 0 spiro atoms. The van der Waals surface area contributed by atoms with Gasteiger partial charge in [-0.15, -0.1) is 0 Å². The Balaban J connectivity index is 1.49. The van der Waals surface area contributed by atoms with Gasteiger partial charge in [0.1, 0.15) is 17.2 Å². The third-order valence-electron chi connectivity index (χ3n) is 3.30. The number of nitrogens with one attached hydrogen (secondary N) is 1. The predicted octanol–water partition coefficient (Wildman–Crippen LogP) is 5.15. The zero-order chi connectivity index (χ0) is 17.5. The van der Waals surface area contributed by atoms with Crippen LogP contribution in [-0.2, 0) is 4.79 Å². The normalized spacial score (nSPS) is 10.1. The summed E-state index contributed by atoms with van der Waals surface area (Å²) in [5, 5.41) is 3.35. The van der Waals surface area contributed by atoms with Crippen molar-refractivity contribution in [3.8, 4) is 17.2 Å². The van der Waals surface area contributed by atoms with Crippen molar-refractivity contribution < 1.29 is 14.3 Å². The average molecular weight is 354 g/mol. The van der Waals surface area contributed by atoms with Gasteiger partial charge in [-0.25, -0.2) is 0 Å². The smallest absolute Gasteiger partial charge is 0.262 e. The second-order valence-electron chi connectivity index (χ2n) is 5.23. The topological polar surface area (TPSA) is 47.6 Å². The number of hydrogen-bond donors (Lipinski definition) is 1. The third kappa shape index (κ3) is 5.26. The van der Waals surface area contributed by atoms with Gasteiger partial charge in [-0.2, -0.15) is 0 Å². The Kier molecular flexibility index (Phi) is 5.54. The number of rotatable bonds is 6. The molecule has 0 aliphatic heterocycles. The lowest BCUT2D eigenvalue weighted by molar-refractivity contribution is -0.118. The Morgan fingerprint density at radius 2 is 1.40 bits per heavy atom. The van der Waals surface area contributed by atoms with Gasteiger partial charge < -0.3 is 14.8 Å². The van der Waals surface area contributed by atoms with Crippen LogP contribution in [0.1, 0.15) is 0 Å². The molecule has 0 atom stereocenters. The van der Waals surface area contributed by atoms with E-state index in [1.54, 1.807) is 48.5 Å². The molecule has 1 N–H and O–H groups in total. The Morgan fingerprint density at radius 3 is 2.08 bits per heavy atom. The van der Waals surface area contributed by atoms with Crippen molar-refractivity contribution >= 4 is 23.2 Å². The highest BCUT2D eigenvalue weighted by Gasteiger charge is 2.04. The summed E-state index contributed by atoms with van der Waals surface area (Å²) < 4.78 is 11.2. The summed E-state index contributed by atoms with van der Waals surface area (Å²) in [7, 11) is 0. The van der Waals surface area contributed by atoms with E-state index in [9.17, 15) is 4.79 Å². The van der Waals surface area contributed by atoms with Gasteiger partial charge >= 0.3 is 0 Å². The first-order valence-corrected chi connectivity index (χ1v) is 8.08. The van der Waals surface area contributed by atoms with E-state index in [0.29, 0.717) is 22.2 Å². The summed E-state index contributed by atoms with van der Waals surface area (Å²) in [5.41, 5.74) is 0.671. The van der Waals surface area contributed by atoms with E-state index < -0.39 is 0 Å². The molecule has 0 fully saturated rings. The van der Waals surface area contributed by atoms with Crippen molar-refractivity contribution in [1.29, 1.82) is 0 Å². The maximum atomic E-state index is 11.9. The maximum absolute atomic E-state index is 11.9. The molecule has 0 heterocycles. The van der Waals surface area contributed by atoms with Crippen LogP contribution in [-0.4, -0.2) is 12.5 Å². The SMILES string of the molecule is O=C(COc1ccc(Oc2ccccc2)cc1)Nc1ccc(Cl)cc1. The number of anilines is 1. The molecule has 0 aromatic heterocycles. The standard InChI is InChI=1S/C20H16ClNO3/c21-15-6-8-16(9-7-15)22-20(23)14-24-17-10-12-19(13-11-17)25-18-4-2-1-3-5-18/h1-13H,14H2,(H,22,23). The highest BCUT2D eigenvalue weighted by molar-refractivity contribution is 6.30. The van der Waals surface area contributed by atoms with Crippen LogP contribution in [0.5, 0.6) is 17.2 Å². The van der Waals surface area contributed by atoms with Gasteiger partial charge in [-0.1, -0.05) is 29.8 Å². The quantitative estimate of drug-likeness (QED) is 0.666. The number of ether oxygens (including phenoxy) is 2. The Bertz CT molecular complexity index is 818. The number of hydrogen-bond acceptors (Lipinski definition) is 3. The van der Waals surface area contributed by atoms with Gasteiger partial charge in [0.2, 0.25) is 0 Å². The van der Waals surface area contributed by atoms with Gasteiger partial charge in [-0.05, 0) is 60.7 Å². The summed E-state index contributed by atoms with van der Waals surface area (Å²) in [5.74, 6) is 1.81. The number of amides is 1. The fourth-order valence-electron chi connectivity index (χ4n) is 2.11. The average Bonchev–Trinajstić information content (AvgIpc) is 2.64. The first-order chi connectivity index (χ1) is 12.2. The summed E-state index contributed by atoms with van der Waals surface area (Å²) in [4.78, 5) is 11.9. The Labute approximate surface area is 151 Å². The molecule has 126 valence electrons. The van der Waals surface area contributed by atoms with Crippen LogP contribution in [0.4, 0.5) is 5.69 Å². The van der Waals surface area contributed by atoms with Crippen molar-refractivity contribution in [3.63, 3.8) is 0 Å². The molecule has 3 aromatic rings. The van der Waals surface area contributed by atoms with E-state index in [1.165, 1.54) is 0 Å². The molecule has 5 heteroatoms. The Hall–Kier alpha value is -2.98. The molecule has 3 aromatic carbocycles. The predicted molar refractivity (Wildman–Crippen MR) is 98.5 cm³/mol. The van der Waals surface area contributed by atoms with E-state index in [1.807, 2.05) is 30.3 Å². The summed E-state index contributed by atoms with van der Waals surface area (Å²) in [6.07, 6.45) is 0. The fourth-order valence-corrected chi connectivity index (χ4v) is 2.23. The van der Waals surface area contributed by atoms with Crippen LogP contribution in [0.2, 0.25) is 5.02 Å². The number of benzene rings is 3. The molecule has 0 saturated carbocycles. The lowest BCUT2D eigenvalue weighted by atomic mass is 10.3. The van der Waals surface area contributed by atoms with E-state index in [4.69, 9.17) is 21.1 Å². The largest absolute Gasteiger partial charge is 0.484 e. The molecular formula is C20H16ClNO3. The van der Waals surface area contributed by atoms with Crippen molar-refractivity contribution in [2.24, 2.45) is 0 Å². The summed E-state index contributed by atoms with van der Waals surface area (Å²) in [6.45, 7) is -0.0818. The zero-order valence-corrected chi connectivity index (χ0v) is 14.1. The van der Waals surface area contributed by atoms with Gasteiger partial charge in [-0.3, -0.25) is 4.79 Å². The minimum Gasteiger partial charge on any atom is -0.484 e. The summed E-state index contributed by atoms with van der Waals surface area (Å²) in [6, 6.07) is 23.5. The molecule has 1 amide bonds. The van der Waals surface area contributed by atoms with Gasteiger partial charge in [0, 0.05) is 10.7 Å². The monoisotopic (exact) mass is 353 g/mol. The molecule has 3 rings (SSSR count). The molecular weight excluding hydrogens is 338 g/mol. The van der Waals surface area contributed by atoms with Crippen LogP contribution >= 0.6 is 11.6 Å². The van der Waals surface area contributed by atoms with Crippen LogP contribution in [0.3, 0.4) is 0 Å². The molecule has 25 heavy (non-hydrogen) atoms. The van der Waals surface area contributed by atoms with Gasteiger partial charge in [0.05, 0.1) is 0 Å². The van der Waals surface area contributed by atoms with Crippen molar-refractivity contribution in [2.75, 3.05) is 11.9 Å². The van der Waals surface area contributed by atoms with E-state index in [-0.39, 0.29) is 12.5 Å². The Morgan fingerprint density at radius 1 is 0.800 bits per heavy atom. The maximum Gasteiger partial charge on any atom is 0.262 e. The molecule has 0 radical (unpaired) electrons. The molecule has 0 aliphatic rings. The molecule has 0 aliphatic carbocycles. The van der Waals surface area contributed by atoms with Crippen molar-refractivity contribution in [2.45, 2.75) is 0 Å². The molecule has 0 saturated heterocycles. The van der Waals surface area contributed by atoms with Crippen LogP contribution in [0.15, 0.2) is 78.9 Å². The van der Waals surface area contributed by atoms with Gasteiger partial charge in [0.25, 0.3) is 5.91 Å².